The van der Waals surface area contributed by atoms with Crippen molar-refractivity contribution in [2.75, 3.05) is 12.4 Å². The van der Waals surface area contributed by atoms with Gasteiger partial charge in [-0.1, -0.05) is 18.2 Å². The number of carbonyl (C=O) groups excluding carboxylic acids is 1. The fourth-order valence-electron chi connectivity index (χ4n) is 2.23. The molecule has 0 spiro atoms. The summed E-state index contributed by atoms with van der Waals surface area (Å²) in [6.07, 6.45) is 5.69. The number of methoxy groups -OCH3 is 1. The summed E-state index contributed by atoms with van der Waals surface area (Å²) in [6.45, 7) is 0.420. The van der Waals surface area contributed by atoms with E-state index >= 15 is 0 Å². The van der Waals surface area contributed by atoms with Gasteiger partial charge in [-0.15, -0.1) is 0 Å². The minimum Gasteiger partial charge on any atom is -0.496 e. The lowest BCUT2D eigenvalue weighted by molar-refractivity contribution is 0.0950. The molecule has 1 heterocycles. The second-order valence-corrected chi connectivity index (χ2v) is 5.38. The van der Waals surface area contributed by atoms with Gasteiger partial charge in [0.25, 0.3) is 5.91 Å². The summed E-state index contributed by atoms with van der Waals surface area (Å²) >= 11 is 0. The summed E-state index contributed by atoms with van der Waals surface area (Å²) in [5, 5.41) is 6.24. The molecule has 2 N–H and O–H groups in total. The topological polar surface area (TPSA) is 63.2 Å². The Labute approximate surface area is 129 Å². The van der Waals surface area contributed by atoms with Gasteiger partial charge in [0.2, 0.25) is 0 Å². The molecule has 1 aliphatic carbocycles. The highest BCUT2D eigenvalue weighted by molar-refractivity contribution is 5.94. The fraction of sp³-hybridized carbons (Fsp3) is 0.294. The van der Waals surface area contributed by atoms with E-state index in [4.69, 9.17) is 4.74 Å². The molecule has 0 unspecified atom stereocenters. The average Bonchev–Trinajstić information content (AvgIpc) is 3.37. The first-order chi connectivity index (χ1) is 10.8. The second-order valence-electron chi connectivity index (χ2n) is 5.38. The molecule has 0 bridgehead atoms. The maximum Gasteiger partial charge on any atom is 0.253 e. The van der Waals surface area contributed by atoms with Crippen LogP contribution in [0.4, 0.5) is 5.69 Å². The highest BCUT2D eigenvalue weighted by Crippen LogP contribution is 2.24. The molecule has 1 fully saturated rings. The number of nitrogens with zero attached hydrogens (tertiary/aromatic N) is 1. The van der Waals surface area contributed by atoms with Crippen molar-refractivity contribution < 1.29 is 9.53 Å². The molecular formula is C17H19N3O2. The number of aromatic nitrogens is 1. The summed E-state index contributed by atoms with van der Waals surface area (Å²) in [5.74, 6) is 0.628. The predicted molar refractivity (Wildman–Crippen MR) is 85.0 cm³/mol. The minimum absolute atomic E-state index is 0.141. The van der Waals surface area contributed by atoms with Gasteiger partial charge in [0.05, 0.1) is 18.4 Å². The third-order valence-corrected chi connectivity index (χ3v) is 3.58. The number of nitrogens with one attached hydrogen (secondary N) is 2. The summed E-state index contributed by atoms with van der Waals surface area (Å²) in [7, 11) is 1.62. The maximum atomic E-state index is 12.3. The van der Waals surface area contributed by atoms with E-state index in [9.17, 15) is 4.79 Å². The predicted octanol–water partition coefficient (Wildman–Crippen LogP) is 2.59. The van der Waals surface area contributed by atoms with Crippen molar-refractivity contribution in [1.82, 2.24) is 10.3 Å². The zero-order chi connectivity index (χ0) is 15.4. The van der Waals surface area contributed by atoms with Gasteiger partial charge < -0.3 is 15.4 Å². The van der Waals surface area contributed by atoms with Crippen LogP contribution in [0.15, 0.2) is 42.7 Å². The molecule has 0 atom stereocenters. The van der Waals surface area contributed by atoms with Crippen LogP contribution < -0.4 is 15.4 Å². The van der Waals surface area contributed by atoms with Gasteiger partial charge in [-0.2, -0.15) is 0 Å². The lowest BCUT2D eigenvalue weighted by Gasteiger charge is -2.10. The number of anilines is 1. The average molecular weight is 297 g/mol. The number of carbonyl (C=O) groups is 1. The molecule has 1 aliphatic rings. The smallest absolute Gasteiger partial charge is 0.253 e. The second kappa shape index (κ2) is 6.47. The van der Waals surface area contributed by atoms with Crippen LogP contribution in [0, 0.1) is 0 Å². The van der Waals surface area contributed by atoms with Gasteiger partial charge in [0.1, 0.15) is 5.75 Å². The van der Waals surface area contributed by atoms with Crippen LogP contribution in [0.3, 0.4) is 0 Å². The van der Waals surface area contributed by atoms with E-state index in [-0.39, 0.29) is 5.91 Å². The fourth-order valence-corrected chi connectivity index (χ4v) is 2.23. The molecule has 1 aromatic carbocycles. The lowest BCUT2D eigenvalue weighted by Crippen LogP contribution is -2.23. The Hall–Kier alpha value is -2.56. The zero-order valence-corrected chi connectivity index (χ0v) is 12.5. The Morgan fingerprint density at radius 1 is 1.32 bits per heavy atom. The number of benzene rings is 1. The molecule has 2 aromatic rings. The van der Waals surface area contributed by atoms with Gasteiger partial charge in [0.15, 0.2) is 0 Å². The van der Waals surface area contributed by atoms with Crippen molar-refractivity contribution in [2.45, 2.75) is 25.4 Å². The van der Waals surface area contributed by atoms with E-state index in [1.807, 2.05) is 30.3 Å². The SMILES string of the molecule is COc1ccccc1CNC(=O)c1cncc(NC2CC2)c1. The van der Waals surface area contributed by atoms with E-state index in [1.54, 1.807) is 19.5 Å². The number of hydrogen-bond acceptors (Lipinski definition) is 4. The molecule has 0 radical (unpaired) electrons. The summed E-state index contributed by atoms with van der Waals surface area (Å²) in [5.41, 5.74) is 2.39. The normalized spacial score (nSPS) is 13.5. The third-order valence-electron chi connectivity index (χ3n) is 3.58. The Balaban J connectivity index is 1.64. The van der Waals surface area contributed by atoms with Crippen molar-refractivity contribution in [3.63, 3.8) is 0 Å². The van der Waals surface area contributed by atoms with Crippen LogP contribution >= 0.6 is 0 Å². The number of pyridine rings is 1. The molecule has 3 rings (SSSR count). The minimum atomic E-state index is -0.141. The van der Waals surface area contributed by atoms with Crippen LogP contribution in [0.25, 0.3) is 0 Å². The number of amides is 1. The van der Waals surface area contributed by atoms with Gasteiger partial charge >= 0.3 is 0 Å². The van der Waals surface area contributed by atoms with E-state index in [1.165, 1.54) is 12.8 Å². The largest absolute Gasteiger partial charge is 0.496 e. The van der Waals surface area contributed by atoms with Crippen molar-refractivity contribution in [1.29, 1.82) is 0 Å². The van der Waals surface area contributed by atoms with Crippen molar-refractivity contribution in [3.8, 4) is 5.75 Å². The molecule has 1 aromatic heterocycles. The van der Waals surface area contributed by atoms with Crippen LogP contribution in [0.1, 0.15) is 28.8 Å². The van der Waals surface area contributed by atoms with E-state index in [0.717, 1.165) is 17.0 Å². The van der Waals surface area contributed by atoms with Gasteiger partial charge in [0, 0.05) is 30.5 Å². The van der Waals surface area contributed by atoms with Gasteiger partial charge in [-0.3, -0.25) is 9.78 Å². The maximum absolute atomic E-state index is 12.3. The Bertz CT molecular complexity index is 668. The van der Waals surface area contributed by atoms with E-state index in [0.29, 0.717) is 18.2 Å². The first kappa shape index (κ1) is 14.4. The Kier molecular flexibility index (Phi) is 4.23. The molecule has 1 amide bonds. The van der Waals surface area contributed by atoms with Gasteiger partial charge in [-0.25, -0.2) is 0 Å². The molecule has 22 heavy (non-hydrogen) atoms. The van der Waals surface area contributed by atoms with Crippen LogP contribution in [0.5, 0.6) is 5.75 Å². The molecule has 114 valence electrons. The summed E-state index contributed by atoms with van der Waals surface area (Å²) < 4.78 is 5.28. The summed E-state index contributed by atoms with van der Waals surface area (Å²) in [6, 6.07) is 10.0. The van der Waals surface area contributed by atoms with Crippen LogP contribution in [-0.4, -0.2) is 24.0 Å². The number of hydrogen-bond donors (Lipinski definition) is 2. The van der Waals surface area contributed by atoms with Crippen molar-refractivity contribution in [3.05, 3.63) is 53.9 Å². The van der Waals surface area contributed by atoms with E-state index in [2.05, 4.69) is 15.6 Å². The number of ether oxygens (including phenoxy) is 1. The monoisotopic (exact) mass is 297 g/mol. The van der Waals surface area contributed by atoms with Crippen LogP contribution in [-0.2, 0) is 6.54 Å². The van der Waals surface area contributed by atoms with Crippen molar-refractivity contribution >= 4 is 11.6 Å². The summed E-state index contributed by atoms with van der Waals surface area (Å²) in [4.78, 5) is 16.4. The molecule has 5 heteroatoms. The molecule has 0 aliphatic heterocycles. The van der Waals surface area contributed by atoms with E-state index < -0.39 is 0 Å². The molecule has 5 nitrogen and oxygen atoms in total. The number of para-hydroxylation sites is 1. The van der Waals surface area contributed by atoms with Crippen LogP contribution in [0.2, 0.25) is 0 Å². The highest BCUT2D eigenvalue weighted by Gasteiger charge is 2.21. The first-order valence-corrected chi connectivity index (χ1v) is 7.38. The third kappa shape index (κ3) is 3.55. The lowest BCUT2D eigenvalue weighted by atomic mass is 10.2. The highest BCUT2D eigenvalue weighted by atomic mass is 16.5. The zero-order valence-electron chi connectivity index (χ0n) is 12.5. The standard InChI is InChI=1S/C17H19N3O2/c1-22-16-5-3-2-4-12(16)10-19-17(21)13-8-15(11-18-9-13)20-14-6-7-14/h2-5,8-9,11,14,20H,6-7,10H2,1H3,(H,19,21). The van der Waals surface area contributed by atoms with Crippen molar-refractivity contribution in [2.24, 2.45) is 0 Å². The Morgan fingerprint density at radius 2 is 2.14 bits per heavy atom. The molecule has 0 saturated heterocycles. The Morgan fingerprint density at radius 3 is 2.91 bits per heavy atom. The molecular weight excluding hydrogens is 278 g/mol. The number of rotatable bonds is 6. The molecule has 1 saturated carbocycles. The first-order valence-electron chi connectivity index (χ1n) is 7.38. The quantitative estimate of drug-likeness (QED) is 0.860. The van der Waals surface area contributed by atoms with Gasteiger partial charge in [-0.05, 0) is 25.0 Å².